The van der Waals surface area contributed by atoms with Gasteiger partial charge in [0.1, 0.15) is 0 Å². The maximum absolute atomic E-state index is 12.1. The Bertz CT molecular complexity index is 522. The van der Waals surface area contributed by atoms with E-state index in [2.05, 4.69) is 10.2 Å². The van der Waals surface area contributed by atoms with Crippen LogP contribution < -0.4 is 5.32 Å². The minimum atomic E-state index is -0.105. The fraction of sp³-hybridized carbons (Fsp3) is 0.529. The van der Waals surface area contributed by atoms with Gasteiger partial charge in [0.05, 0.1) is 19.1 Å². The number of ether oxygens (including phenoxy) is 1. The highest BCUT2D eigenvalue weighted by Gasteiger charge is 2.26. The summed E-state index contributed by atoms with van der Waals surface area (Å²) in [5.74, 6) is -0.133. The number of likely N-dealkylation sites (tertiary alicyclic amines) is 1. The molecule has 0 aliphatic carbocycles. The van der Waals surface area contributed by atoms with Crippen molar-refractivity contribution in [2.45, 2.75) is 26.7 Å². The molecule has 120 valence electrons. The quantitative estimate of drug-likeness (QED) is 0.847. The molecule has 1 fully saturated rings. The van der Waals surface area contributed by atoms with Crippen LogP contribution in [0.5, 0.6) is 0 Å². The number of nitrogens with zero attached hydrogens (tertiary/aromatic N) is 1. The molecule has 1 aromatic carbocycles. The number of piperidine rings is 1. The molecule has 1 amide bonds. The van der Waals surface area contributed by atoms with E-state index in [4.69, 9.17) is 4.74 Å². The summed E-state index contributed by atoms with van der Waals surface area (Å²) in [4.78, 5) is 25.9. The molecular weight excluding hydrogens is 280 g/mol. The molecule has 5 nitrogen and oxygen atoms in total. The van der Waals surface area contributed by atoms with Crippen molar-refractivity contribution < 1.29 is 14.3 Å². The summed E-state index contributed by atoms with van der Waals surface area (Å²) in [5, 5.41) is 2.94. The Balaban J connectivity index is 1.77. The first-order chi connectivity index (χ1) is 10.6. The highest BCUT2D eigenvalue weighted by Crippen LogP contribution is 2.19. The maximum Gasteiger partial charge on any atom is 0.309 e. The number of anilines is 1. The average molecular weight is 304 g/mol. The van der Waals surface area contributed by atoms with Crippen molar-refractivity contribution >= 4 is 17.6 Å². The van der Waals surface area contributed by atoms with Crippen molar-refractivity contribution in [1.29, 1.82) is 0 Å². The maximum atomic E-state index is 12.1. The Hall–Kier alpha value is -1.88. The molecule has 22 heavy (non-hydrogen) atoms. The van der Waals surface area contributed by atoms with Crippen molar-refractivity contribution in [3.63, 3.8) is 0 Å². The minimum Gasteiger partial charge on any atom is -0.466 e. The second kappa shape index (κ2) is 7.94. The van der Waals surface area contributed by atoms with Crippen LogP contribution in [0.25, 0.3) is 0 Å². The van der Waals surface area contributed by atoms with Gasteiger partial charge >= 0.3 is 5.97 Å². The van der Waals surface area contributed by atoms with Crippen molar-refractivity contribution in [1.82, 2.24) is 4.90 Å². The van der Waals surface area contributed by atoms with Crippen molar-refractivity contribution in [3.05, 3.63) is 29.8 Å². The van der Waals surface area contributed by atoms with Crippen LogP contribution in [-0.2, 0) is 14.3 Å². The van der Waals surface area contributed by atoms with Crippen LogP contribution in [0.15, 0.2) is 24.3 Å². The van der Waals surface area contributed by atoms with Crippen LogP contribution >= 0.6 is 0 Å². The molecule has 1 aliphatic heterocycles. The molecule has 1 heterocycles. The summed E-state index contributed by atoms with van der Waals surface area (Å²) in [6, 6.07) is 7.74. The van der Waals surface area contributed by atoms with Gasteiger partial charge in [-0.3, -0.25) is 14.5 Å². The van der Waals surface area contributed by atoms with Gasteiger partial charge in [0.15, 0.2) is 0 Å². The molecule has 0 atom stereocenters. The van der Waals surface area contributed by atoms with Gasteiger partial charge in [0.25, 0.3) is 0 Å². The number of para-hydroxylation sites is 1. The normalized spacial score (nSPS) is 16.3. The molecule has 0 aromatic heterocycles. The fourth-order valence-corrected chi connectivity index (χ4v) is 2.69. The number of rotatable bonds is 5. The van der Waals surface area contributed by atoms with Gasteiger partial charge in [0, 0.05) is 5.69 Å². The summed E-state index contributed by atoms with van der Waals surface area (Å²) in [5.41, 5.74) is 1.91. The summed E-state index contributed by atoms with van der Waals surface area (Å²) in [7, 11) is 0. The van der Waals surface area contributed by atoms with Gasteiger partial charge in [-0.05, 0) is 51.4 Å². The topological polar surface area (TPSA) is 58.6 Å². The Kier molecular flexibility index (Phi) is 5.95. The molecule has 0 radical (unpaired) electrons. The van der Waals surface area contributed by atoms with Gasteiger partial charge in [-0.2, -0.15) is 0 Å². The van der Waals surface area contributed by atoms with E-state index in [-0.39, 0.29) is 17.8 Å². The van der Waals surface area contributed by atoms with E-state index in [1.54, 1.807) is 0 Å². The van der Waals surface area contributed by atoms with Crippen molar-refractivity contribution in [3.8, 4) is 0 Å². The zero-order chi connectivity index (χ0) is 15.9. The van der Waals surface area contributed by atoms with E-state index in [1.165, 1.54) is 0 Å². The second-order valence-corrected chi connectivity index (χ2v) is 5.67. The van der Waals surface area contributed by atoms with Crippen LogP contribution in [0.4, 0.5) is 5.69 Å². The molecule has 0 spiro atoms. The lowest BCUT2D eigenvalue weighted by Crippen LogP contribution is -2.41. The van der Waals surface area contributed by atoms with Gasteiger partial charge < -0.3 is 10.1 Å². The van der Waals surface area contributed by atoms with E-state index in [0.717, 1.165) is 37.2 Å². The second-order valence-electron chi connectivity index (χ2n) is 5.67. The van der Waals surface area contributed by atoms with E-state index >= 15 is 0 Å². The Morgan fingerprint density at radius 2 is 1.95 bits per heavy atom. The third-order valence-corrected chi connectivity index (χ3v) is 3.99. The summed E-state index contributed by atoms with van der Waals surface area (Å²) >= 11 is 0. The summed E-state index contributed by atoms with van der Waals surface area (Å²) < 4.78 is 5.05. The number of carbonyl (C=O) groups is 2. The predicted molar refractivity (Wildman–Crippen MR) is 85.6 cm³/mol. The lowest BCUT2D eigenvalue weighted by molar-refractivity contribution is -0.149. The number of carbonyl (C=O) groups excluding carboxylic acids is 2. The van der Waals surface area contributed by atoms with Crippen LogP contribution in [0.1, 0.15) is 25.3 Å². The standard InChI is InChI=1S/C17H24N2O3/c1-3-22-17(21)14-8-10-19(11-9-14)12-16(20)18-15-7-5-4-6-13(15)2/h4-7,14H,3,8-12H2,1-2H3,(H,18,20). The van der Waals surface area contributed by atoms with E-state index in [1.807, 2.05) is 38.1 Å². The number of nitrogens with one attached hydrogen (secondary N) is 1. The Morgan fingerprint density at radius 3 is 2.59 bits per heavy atom. The third kappa shape index (κ3) is 4.56. The molecule has 1 aromatic rings. The largest absolute Gasteiger partial charge is 0.466 e. The highest BCUT2D eigenvalue weighted by atomic mass is 16.5. The average Bonchev–Trinajstić information content (AvgIpc) is 2.50. The first kappa shape index (κ1) is 16.5. The number of benzene rings is 1. The molecule has 0 unspecified atom stereocenters. The van der Waals surface area contributed by atoms with Gasteiger partial charge in [0.2, 0.25) is 5.91 Å². The van der Waals surface area contributed by atoms with E-state index in [9.17, 15) is 9.59 Å². The Labute approximate surface area is 131 Å². The smallest absolute Gasteiger partial charge is 0.309 e. The van der Waals surface area contributed by atoms with Gasteiger partial charge in [-0.25, -0.2) is 0 Å². The van der Waals surface area contributed by atoms with Crippen LogP contribution in [0, 0.1) is 12.8 Å². The number of esters is 1. The van der Waals surface area contributed by atoms with Crippen LogP contribution in [0.3, 0.4) is 0 Å². The highest BCUT2D eigenvalue weighted by molar-refractivity contribution is 5.92. The first-order valence-corrected chi connectivity index (χ1v) is 7.84. The summed E-state index contributed by atoms with van der Waals surface area (Å²) in [6.45, 7) is 6.10. The molecule has 0 saturated carbocycles. The number of hydrogen-bond donors (Lipinski definition) is 1. The zero-order valence-corrected chi connectivity index (χ0v) is 13.3. The molecule has 1 saturated heterocycles. The zero-order valence-electron chi connectivity index (χ0n) is 13.3. The molecular formula is C17H24N2O3. The molecule has 0 bridgehead atoms. The van der Waals surface area contributed by atoms with E-state index in [0.29, 0.717) is 13.2 Å². The Morgan fingerprint density at radius 1 is 1.27 bits per heavy atom. The molecule has 5 heteroatoms. The van der Waals surface area contributed by atoms with Crippen molar-refractivity contribution in [2.75, 3.05) is 31.6 Å². The van der Waals surface area contributed by atoms with E-state index < -0.39 is 0 Å². The van der Waals surface area contributed by atoms with Crippen molar-refractivity contribution in [2.24, 2.45) is 5.92 Å². The lowest BCUT2D eigenvalue weighted by atomic mass is 9.97. The van der Waals surface area contributed by atoms with Crippen LogP contribution in [0.2, 0.25) is 0 Å². The molecule has 2 rings (SSSR count). The SMILES string of the molecule is CCOC(=O)C1CCN(CC(=O)Nc2ccccc2C)CC1. The number of hydrogen-bond acceptors (Lipinski definition) is 4. The first-order valence-electron chi connectivity index (χ1n) is 7.84. The van der Waals surface area contributed by atoms with Crippen LogP contribution in [-0.4, -0.2) is 43.0 Å². The number of aryl methyl sites for hydroxylation is 1. The minimum absolute atomic E-state index is 0.0103. The molecule has 1 aliphatic rings. The number of amides is 1. The van der Waals surface area contributed by atoms with Gasteiger partial charge in [-0.1, -0.05) is 18.2 Å². The molecule has 1 N–H and O–H groups in total. The summed E-state index contributed by atoms with van der Waals surface area (Å²) in [6.07, 6.45) is 1.52. The third-order valence-electron chi connectivity index (χ3n) is 3.99. The van der Waals surface area contributed by atoms with Gasteiger partial charge in [-0.15, -0.1) is 0 Å². The monoisotopic (exact) mass is 304 g/mol. The predicted octanol–water partition coefficient (Wildman–Crippen LogP) is 2.21. The fourth-order valence-electron chi connectivity index (χ4n) is 2.69. The lowest BCUT2D eigenvalue weighted by Gasteiger charge is -2.30.